The van der Waals surface area contributed by atoms with E-state index < -0.39 is 0 Å². The van der Waals surface area contributed by atoms with Crippen LogP contribution in [0.2, 0.25) is 0 Å². The molecular weight excluding hydrogens is 330 g/mol. The first kappa shape index (κ1) is 18.9. The molecule has 0 saturated carbocycles. The number of aryl methyl sites for hydroxylation is 2. The van der Waals surface area contributed by atoms with Crippen LogP contribution < -0.4 is 10.2 Å². The van der Waals surface area contributed by atoms with Gasteiger partial charge in [0, 0.05) is 57.7 Å². The summed E-state index contributed by atoms with van der Waals surface area (Å²) in [4.78, 5) is 25.7. The molecule has 2 amide bonds. The summed E-state index contributed by atoms with van der Waals surface area (Å²) in [7, 11) is 1.75. The molecule has 1 aromatic heterocycles. The van der Waals surface area contributed by atoms with Gasteiger partial charge in [-0.05, 0) is 45.4 Å². The van der Waals surface area contributed by atoms with Crippen LogP contribution >= 0.6 is 0 Å². The average molecular weight is 361 g/mol. The molecule has 1 aromatic rings. The minimum Gasteiger partial charge on any atom is -0.384 e. The molecule has 1 N–H and O–H groups in total. The van der Waals surface area contributed by atoms with E-state index in [-0.39, 0.29) is 12.1 Å². The SMILES string of the molecule is COCC1CCN(C(=O)NC2CCN(c3cc(C)nc(C)n3)CC2)CC1. The second-order valence-electron chi connectivity index (χ2n) is 7.51. The van der Waals surface area contributed by atoms with E-state index in [1.54, 1.807) is 7.11 Å². The number of carbonyl (C=O) groups excluding carboxylic acids is 1. The predicted molar refractivity (Wildman–Crippen MR) is 101 cm³/mol. The minimum absolute atomic E-state index is 0.0908. The van der Waals surface area contributed by atoms with Gasteiger partial charge in [0.05, 0.1) is 0 Å². The number of likely N-dealkylation sites (tertiary alicyclic amines) is 1. The first-order valence-corrected chi connectivity index (χ1v) is 9.66. The van der Waals surface area contributed by atoms with E-state index in [4.69, 9.17) is 4.74 Å². The van der Waals surface area contributed by atoms with E-state index in [0.29, 0.717) is 5.92 Å². The van der Waals surface area contributed by atoms with Gasteiger partial charge in [-0.3, -0.25) is 0 Å². The van der Waals surface area contributed by atoms with Crippen molar-refractivity contribution in [2.75, 3.05) is 44.8 Å². The molecule has 0 unspecified atom stereocenters. The van der Waals surface area contributed by atoms with Crippen LogP contribution in [0.4, 0.5) is 10.6 Å². The molecule has 7 heteroatoms. The van der Waals surface area contributed by atoms with Crippen molar-refractivity contribution in [3.05, 3.63) is 17.6 Å². The highest BCUT2D eigenvalue weighted by Crippen LogP contribution is 2.20. The third kappa shape index (κ3) is 4.84. The first-order chi connectivity index (χ1) is 12.5. The molecule has 0 spiro atoms. The molecule has 3 heterocycles. The highest BCUT2D eigenvalue weighted by Gasteiger charge is 2.26. The van der Waals surface area contributed by atoms with Crippen LogP contribution in [0, 0.1) is 19.8 Å². The first-order valence-electron chi connectivity index (χ1n) is 9.66. The summed E-state index contributed by atoms with van der Waals surface area (Å²) >= 11 is 0. The lowest BCUT2D eigenvalue weighted by atomic mass is 9.98. The van der Waals surface area contributed by atoms with Gasteiger partial charge in [0.2, 0.25) is 0 Å². The maximum Gasteiger partial charge on any atom is 0.317 e. The van der Waals surface area contributed by atoms with E-state index >= 15 is 0 Å². The number of hydrogen-bond donors (Lipinski definition) is 1. The molecule has 2 aliphatic rings. The summed E-state index contributed by atoms with van der Waals surface area (Å²) in [5.74, 6) is 2.40. The number of aromatic nitrogens is 2. The Morgan fingerprint density at radius 1 is 1.15 bits per heavy atom. The number of urea groups is 1. The molecule has 2 aliphatic heterocycles. The molecule has 26 heavy (non-hydrogen) atoms. The Balaban J connectivity index is 1.44. The lowest BCUT2D eigenvalue weighted by molar-refractivity contribution is 0.106. The normalized spacial score (nSPS) is 19.7. The van der Waals surface area contributed by atoms with Gasteiger partial charge < -0.3 is 19.9 Å². The van der Waals surface area contributed by atoms with Crippen molar-refractivity contribution in [2.24, 2.45) is 5.92 Å². The third-order valence-electron chi connectivity index (χ3n) is 5.40. The number of methoxy groups -OCH3 is 1. The van der Waals surface area contributed by atoms with Gasteiger partial charge >= 0.3 is 6.03 Å². The fourth-order valence-corrected chi connectivity index (χ4v) is 3.92. The average Bonchev–Trinajstić information content (AvgIpc) is 2.62. The zero-order valence-corrected chi connectivity index (χ0v) is 16.2. The van der Waals surface area contributed by atoms with Crippen LogP contribution in [0.25, 0.3) is 0 Å². The second-order valence-corrected chi connectivity index (χ2v) is 7.51. The van der Waals surface area contributed by atoms with Crippen molar-refractivity contribution in [1.82, 2.24) is 20.2 Å². The van der Waals surface area contributed by atoms with E-state index in [9.17, 15) is 4.79 Å². The summed E-state index contributed by atoms with van der Waals surface area (Å²) in [6.45, 7) is 8.22. The number of rotatable bonds is 4. The topological polar surface area (TPSA) is 70.6 Å². The van der Waals surface area contributed by atoms with E-state index in [0.717, 1.165) is 75.8 Å². The van der Waals surface area contributed by atoms with Crippen LogP contribution in [-0.4, -0.2) is 66.8 Å². The van der Waals surface area contributed by atoms with Crippen molar-refractivity contribution in [2.45, 2.75) is 45.6 Å². The zero-order chi connectivity index (χ0) is 18.5. The Kier molecular flexibility index (Phi) is 6.29. The molecule has 0 atom stereocenters. The molecule has 0 radical (unpaired) electrons. The van der Waals surface area contributed by atoms with Gasteiger partial charge in [-0.2, -0.15) is 0 Å². The van der Waals surface area contributed by atoms with Gasteiger partial charge in [-0.25, -0.2) is 14.8 Å². The van der Waals surface area contributed by atoms with Crippen LogP contribution in [0.5, 0.6) is 0 Å². The fraction of sp³-hybridized carbons (Fsp3) is 0.737. The summed E-state index contributed by atoms with van der Waals surface area (Å²) < 4.78 is 5.23. The predicted octanol–water partition coefficient (Wildman–Crippen LogP) is 2.13. The number of nitrogens with one attached hydrogen (secondary N) is 1. The van der Waals surface area contributed by atoms with Crippen molar-refractivity contribution in [3.8, 4) is 0 Å². The number of carbonyl (C=O) groups is 1. The third-order valence-corrected chi connectivity index (χ3v) is 5.40. The maximum absolute atomic E-state index is 12.5. The van der Waals surface area contributed by atoms with Crippen LogP contribution in [0.3, 0.4) is 0 Å². The molecule has 0 aromatic carbocycles. The molecule has 0 bridgehead atoms. The largest absolute Gasteiger partial charge is 0.384 e. The van der Waals surface area contributed by atoms with Crippen LogP contribution in [-0.2, 0) is 4.74 Å². The Bertz CT molecular complexity index is 588. The highest BCUT2D eigenvalue weighted by molar-refractivity contribution is 5.74. The summed E-state index contributed by atoms with van der Waals surface area (Å²) in [5, 5.41) is 3.23. The molecule has 2 fully saturated rings. The quantitative estimate of drug-likeness (QED) is 0.890. The Labute approximate surface area is 156 Å². The fourth-order valence-electron chi connectivity index (χ4n) is 3.92. The number of hydrogen-bond acceptors (Lipinski definition) is 5. The van der Waals surface area contributed by atoms with E-state index in [1.165, 1.54) is 0 Å². The van der Waals surface area contributed by atoms with Gasteiger partial charge in [0.1, 0.15) is 11.6 Å². The summed E-state index contributed by atoms with van der Waals surface area (Å²) in [6, 6.07) is 2.38. The van der Waals surface area contributed by atoms with Crippen molar-refractivity contribution in [3.63, 3.8) is 0 Å². The second kappa shape index (κ2) is 8.66. The van der Waals surface area contributed by atoms with Crippen molar-refractivity contribution < 1.29 is 9.53 Å². The van der Waals surface area contributed by atoms with Crippen LogP contribution in [0.1, 0.15) is 37.2 Å². The smallest absolute Gasteiger partial charge is 0.317 e. The number of ether oxygens (including phenoxy) is 1. The zero-order valence-electron chi connectivity index (χ0n) is 16.2. The number of nitrogens with zero attached hydrogens (tertiary/aromatic N) is 4. The number of amides is 2. The highest BCUT2D eigenvalue weighted by atomic mass is 16.5. The molecule has 144 valence electrons. The molecule has 3 rings (SSSR count). The lowest BCUT2D eigenvalue weighted by Crippen LogP contribution is -2.51. The molecule has 7 nitrogen and oxygen atoms in total. The summed E-state index contributed by atoms with van der Waals surface area (Å²) in [5.41, 5.74) is 1.000. The van der Waals surface area contributed by atoms with E-state index in [1.807, 2.05) is 24.8 Å². The maximum atomic E-state index is 12.5. The van der Waals surface area contributed by atoms with Crippen LogP contribution in [0.15, 0.2) is 6.07 Å². The Hall–Kier alpha value is -1.89. The molecule has 0 aliphatic carbocycles. The van der Waals surface area contributed by atoms with Crippen molar-refractivity contribution >= 4 is 11.8 Å². The van der Waals surface area contributed by atoms with Gasteiger partial charge in [0.15, 0.2) is 0 Å². The lowest BCUT2D eigenvalue weighted by Gasteiger charge is -2.36. The van der Waals surface area contributed by atoms with Gasteiger partial charge in [-0.15, -0.1) is 0 Å². The Morgan fingerprint density at radius 3 is 2.46 bits per heavy atom. The van der Waals surface area contributed by atoms with Gasteiger partial charge in [-0.1, -0.05) is 0 Å². The van der Waals surface area contributed by atoms with E-state index in [2.05, 4.69) is 20.2 Å². The number of anilines is 1. The summed E-state index contributed by atoms with van der Waals surface area (Å²) in [6.07, 6.45) is 3.97. The molecular formula is C19H31N5O2. The standard InChI is InChI=1S/C19H31N5O2/c1-14-12-18(21-15(2)20-14)23-10-6-17(7-11-23)22-19(25)24-8-4-16(5-9-24)13-26-3/h12,16-17H,4-11,13H2,1-3H3,(H,22,25). The molecule has 2 saturated heterocycles. The minimum atomic E-state index is 0.0908. The Morgan fingerprint density at radius 2 is 1.85 bits per heavy atom. The number of piperidine rings is 2. The monoisotopic (exact) mass is 361 g/mol. The van der Waals surface area contributed by atoms with Crippen molar-refractivity contribution in [1.29, 1.82) is 0 Å². The van der Waals surface area contributed by atoms with Gasteiger partial charge in [0.25, 0.3) is 0 Å².